The topological polar surface area (TPSA) is 94.4 Å². The molecule has 0 radical (unpaired) electrons. The fourth-order valence-electron chi connectivity index (χ4n) is 2.82. The Morgan fingerprint density at radius 1 is 1.11 bits per heavy atom. The minimum absolute atomic E-state index is 0.151. The number of amides is 1. The zero-order valence-corrected chi connectivity index (χ0v) is 16.6. The molecule has 2 heterocycles. The molecule has 0 fully saturated rings. The monoisotopic (exact) mass is 369 g/mol. The smallest absolute Gasteiger partial charge is 0.261 e. The highest BCUT2D eigenvalue weighted by Crippen LogP contribution is 2.32. The first-order valence-electron chi connectivity index (χ1n) is 8.94. The maximum absolute atomic E-state index is 12.8. The lowest BCUT2D eigenvalue weighted by molar-refractivity contribution is 0.102. The SMILES string of the molecule is CC(C)(C)Nc1c(C(C)(C)C)nc2c(C(=O)Nc3ccc(O)cc3)c[nH]n12. The van der Waals surface area contributed by atoms with E-state index < -0.39 is 0 Å². The largest absolute Gasteiger partial charge is 0.508 e. The summed E-state index contributed by atoms with van der Waals surface area (Å²) in [5, 5.41) is 18.9. The van der Waals surface area contributed by atoms with Crippen molar-refractivity contribution in [1.82, 2.24) is 14.6 Å². The second kappa shape index (κ2) is 6.33. The van der Waals surface area contributed by atoms with Crippen LogP contribution in [0.5, 0.6) is 5.75 Å². The Hall–Kier alpha value is -2.96. The molecule has 0 unspecified atom stereocenters. The Balaban J connectivity index is 2.02. The third kappa shape index (κ3) is 3.92. The Labute approximate surface area is 158 Å². The molecule has 0 atom stereocenters. The number of fused-ring (bicyclic) bond motifs is 1. The van der Waals surface area contributed by atoms with E-state index in [2.05, 4.69) is 57.3 Å². The highest BCUT2D eigenvalue weighted by Gasteiger charge is 2.29. The molecule has 3 aromatic rings. The number of phenols is 1. The van der Waals surface area contributed by atoms with E-state index in [1.54, 1.807) is 18.3 Å². The van der Waals surface area contributed by atoms with Gasteiger partial charge in [0.1, 0.15) is 11.3 Å². The van der Waals surface area contributed by atoms with Crippen LogP contribution < -0.4 is 10.6 Å². The number of aromatic hydroxyl groups is 1. The van der Waals surface area contributed by atoms with E-state index in [9.17, 15) is 9.90 Å². The van der Waals surface area contributed by atoms with Crippen molar-refractivity contribution in [3.05, 3.63) is 41.7 Å². The lowest BCUT2D eigenvalue weighted by Crippen LogP contribution is -2.29. The molecule has 0 saturated heterocycles. The third-order valence-electron chi connectivity index (χ3n) is 4.03. The van der Waals surface area contributed by atoms with Crippen molar-refractivity contribution >= 4 is 23.1 Å². The van der Waals surface area contributed by atoms with E-state index in [0.717, 1.165) is 11.5 Å². The van der Waals surface area contributed by atoms with Crippen LogP contribution in [0.3, 0.4) is 0 Å². The molecular weight excluding hydrogens is 342 g/mol. The van der Waals surface area contributed by atoms with E-state index in [1.807, 2.05) is 4.52 Å². The number of phenolic OH excluding ortho intramolecular Hbond substituents is 1. The molecule has 1 aromatic carbocycles. The molecule has 27 heavy (non-hydrogen) atoms. The van der Waals surface area contributed by atoms with Gasteiger partial charge in [-0.1, -0.05) is 20.8 Å². The average Bonchev–Trinajstić information content (AvgIpc) is 3.08. The number of aromatic amines is 1. The number of aromatic nitrogens is 3. The summed E-state index contributed by atoms with van der Waals surface area (Å²) < 4.78 is 1.82. The molecule has 7 nitrogen and oxygen atoms in total. The van der Waals surface area contributed by atoms with E-state index in [-0.39, 0.29) is 22.6 Å². The molecular formula is C20H27N5O2. The fraction of sp³-hybridized carbons (Fsp3) is 0.400. The molecule has 0 saturated carbocycles. The van der Waals surface area contributed by atoms with Gasteiger partial charge in [0, 0.05) is 22.8 Å². The fourth-order valence-corrected chi connectivity index (χ4v) is 2.82. The maximum atomic E-state index is 12.8. The number of nitrogens with one attached hydrogen (secondary N) is 3. The normalized spacial score (nSPS) is 12.4. The minimum Gasteiger partial charge on any atom is -0.508 e. The van der Waals surface area contributed by atoms with Crippen LogP contribution in [0.2, 0.25) is 0 Å². The Morgan fingerprint density at radius 2 is 1.74 bits per heavy atom. The molecule has 0 aliphatic heterocycles. The number of H-pyrrole nitrogens is 1. The van der Waals surface area contributed by atoms with Crippen molar-refractivity contribution in [2.45, 2.75) is 52.5 Å². The van der Waals surface area contributed by atoms with Crippen molar-refractivity contribution in [2.75, 3.05) is 10.6 Å². The van der Waals surface area contributed by atoms with Crippen LogP contribution in [0.4, 0.5) is 11.5 Å². The Morgan fingerprint density at radius 3 is 2.30 bits per heavy atom. The standard InChI is InChI=1S/C20H27N5O2/c1-19(2,3)15-17(24-20(4,5)6)25-16(23-15)14(11-21-25)18(27)22-12-7-9-13(26)10-8-12/h7-11,21,24,26H,1-6H3,(H,22,27). The zero-order chi connectivity index (χ0) is 20.0. The van der Waals surface area contributed by atoms with Crippen LogP contribution in [0.1, 0.15) is 57.6 Å². The van der Waals surface area contributed by atoms with Crippen molar-refractivity contribution in [3.63, 3.8) is 0 Å². The summed E-state index contributed by atoms with van der Waals surface area (Å²) in [7, 11) is 0. The summed E-state index contributed by atoms with van der Waals surface area (Å²) in [4.78, 5) is 17.5. The second-order valence-electron chi connectivity index (χ2n) is 8.78. The van der Waals surface area contributed by atoms with Gasteiger partial charge in [0.05, 0.1) is 5.69 Å². The van der Waals surface area contributed by atoms with E-state index >= 15 is 0 Å². The molecule has 7 heteroatoms. The highest BCUT2D eigenvalue weighted by atomic mass is 16.3. The molecule has 0 aliphatic carbocycles. The van der Waals surface area contributed by atoms with Crippen LogP contribution in [-0.4, -0.2) is 31.2 Å². The molecule has 0 bridgehead atoms. The average molecular weight is 369 g/mol. The Kier molecular flexibility index (Phi) is 4.41. The van der Waals surface area contributed by atoms with Gasteiger partial charge in [-0.3, -0.25) is 9.89 Å². The third-order valence-corrected chi connectivity index (χ3v) is 4.03. The van der Waals surface area contributed by atoms with Crippen LogP contribution in [0.25, 0.3) is 5.65 Å². The number of hydrogen-bond donors (Lipinski definition) is 4. The number of rotatable bonds is 3. The van der Waals surface area contributed by atoms with Gasteiger partial charge in [-0.05, 0) is 45.0 Å². The summed E-state index contributed by atoms with van der Waals surface area (Å²) in [5.74, 6) is 0.742. The minimum atomic E-state index is -0.264. The van der Waals surface area contributed by atoms with Crippen LogP contribution >= 0.6 is 0 Å². The van der Waals surface area contributed by atoms with Crippen LogP contribution in [-0.2, 0) is 5.41 Å². The van der Waals surface area contributed by atoms with E-state index in [4.69, 9.17) is 4.98 Å². The van der Waals surface area contributed by atoms with Crippen molar-refractivity contribution in [3.8, 4) is 5.75 Å². The van der Waals surface area contributed by atoms with Gasteiger partial charge >= 0.3 is 0 Å². The Bertz CT molecular complexity index is 969. The van der Waals surface area contributed by atoms with Crippen molar-refractivity contribution < 1.29 is 9.90 Å². The van der Waals surface area contributed by atoms with Gasteiger partial charge in [0.15, 0.2) is 11.5 Å². The van der Waals surface area contributed by atoms with Crippen molar-refractivity contribution in [1.29, 1.82) is 0 Å². The molecule has 2 aromatic heterocycles. The molecule has 1 amide bonds. The lowest BCUT2D eigenvalue weighted by atomic mass is 9.91. The van der Waals surface area contributed by atoms with Crippen LogP contribution in [0, 0.1) is 0 Å². The van der Waals surface area contributed by atoms with Crippen LogP contribution in [0.15, 0.2) is 30.5 Å². The molecule has 3 rings (SSSR count). The summed E-state index contributed by atoms with van der Waals surface area (Å²) >= 11 is 0. The zero-order valence-electron chi connectivity index (χ0n) is 16.6. The molecule has 0 aliphatic rings. The maximum Gasteiger partial charge on any atom is 0.261 e. The number of imidazole rings is 1. The van der Waals surface area contributed by atoms with Gasteiger partial charge in [0.25, 0.3) is 5.91 Å². The number of anilines is 2. The number of carbonyl (C=O) groups is 1. The van der Waals surface area contributed by atoms with Crippen molar-refractivity contribution in [2.24, 2.45) is 0 Å². The van der Waals surface area contributed by atoms with Gasteiger partial charge in [-0.2, -0.15) is 0 Å². The first-order valence-corrected chi connectivity index (χ1v) is 8.94. The predicted octanol–water partition coefficient (Wildman–Crippen LogP) is 4.13. The van der Waals surface area contributed by atoms with Gasteiger partial charge in [0.2, 0.25) is 0 Å². The number of nitrogens with zero attached hydrogens (tertiary/aromatic N) is 2. The number of benzene rings is 1. The summed E-state index contributed by atoms with van der Waals surface area (Å²) in [6, 6.07) is 6.35. The van der Waals surface area contributed by atoms with Gasteiger partial charge < -0.3 is 15.7 Å². The van der Waals surface area contributed by atoms with E-state index in [0.29, 0.717) is 16.9 Å². The molecule has 0 spiro atoms. The quantitative estimate of drug-likeness (QED) is 0.522. The van der Waals surface area contributed by atoms with Gasteiger partial charge in [-0.25, -0.2) is 9.50 Å². The molecule has 144 valence electrons. The summed E-state index contributed by atoms with van der Waals surface area (Å²) in [6.07, 6.45) is 1.65. The first kappa shape index (κ1) is 18.8. The highest BCUT2D eigenvalue weighted by molar-refractivity contribution is 6.08. The molecule has 4 N–H and O–H groups in total. The lowest BCUT2D eigenvalue weighted by Gasteiger charge is -2.25. The summed E-state index contributed by atoms with van der Waals surface area (Å²) in [6.45, 7) is 12.5. The summed E-state index contributed by atoms with van der Waals surface area (Å²) in [5.41, 5.74) is 2.18. The first-order chi connectivity index (χ1) is 12.5. The number of carbonyl (C=O) groups excluding carboxylic acids is 1. The second-order valence-corrected chi connectivity index (χ2v) is 8.78. The predicted molar refractivity (Wildman–Crippen MR) is 108 cm³/mol. The number of hydrogen-bond acceptors (Lipinski definition) is 4. The van der Waals surface area contributed by atoms with Gasteiger partial charge in [-0.15, -0.1) is 0 Å². The van der Waals surface area contributed by atoms with E-state index in [1.165, 1.54) is 12.1 Å².